The van der Waals surface area contributed by atoms with Gasteiger partial charge in [0, 0.05) is 10.8 Å². The van der Waals surface area contributed by atoms with Gasteiger partial charge in [0.1, 0.15) is 11.9 Å². The Bertz CT molecular complexity index is 586. The number of halogens is 1. The molecule has 0 bridgehead atoms. The van der Waals surface area contributed by atoms with Gasteiger partial charge in [0.25, 0.3) is 0 Å². The van der Waals surface area contributed by atoms with Gasteiger partial charge < -0.3 is 5.11 Å². The molecule has 2 rings (SSSR count). The van der Waals surface area contributed by atoms with Crippen LogP contribution >= 0.6 is 11.3 Å². The Labute approximate surface area is 116 Å². The molecule has 1 unspecified atom stereocenters. The number of aliphatic hydroxyl groups excluding tert-OH is 1. The van der Waals surface area contributed by atoms with Gasteiger partial charge in [0.05, 0.1) is 10.7 Å². The minimum Gasteiger partial charge on any atom is -0.382 e. The Hall–Kier alpha value is -1.26. The zero-order valence-corrected chi connectivity index (χ0v) is 12.4. The summed E-state index contributed by atoms with van der Waals surface area (Å²) >= 11 is 1.52. The minimum absolute atomic E-state index is 0.0420. The lowest BCUT2D eigenvalue weighted by Crippen LogP contribution is -2.11. The fourth-order valence-electron chi connectivity index (χ4n) is 1.82. The van der Waals surface area contributed by atoms with Gasteiger partial charge in [-0.3, -0.25) is 0 Å². The summed E-state index contributed by atoms with van der Waals surface area (Å²) in [5.41, 5.74) is 1.98. The van der Waals surface area contributed by atoms with E-state index in [0.29, 0.717) is 11.3 Å². The second-order valence-corrected chi connectivity index (χ2v) is 6.59. The molecule has 0 aliphatic rings. The van der Waals surface area contributed by atoms with Crippen LogP contribution in [0, 0.1) is 12.7 Å². The van der Waals surface area contributed by atoms with Gasteiger partial charge in [-0.2, -0.15) is 0 Å². The smallest absolute Gasteiger partial charge is 0.123 e. The average molecular weight is 279 g/mol. The molecule has 1 heterocycles. The van der Waals surface area contributed by atoms with Crippen LogP contribution in [0.4, 0.5) is 4.39 Å². The molecular formula is C15H18FNOS. The summed E-state index contributed by atoms with van der Waals surface area (Å²) in [5, 5.41) is 13.2. The molecule has 0 aliphatic carbocycles. The third-order valence-electron chi connectivity index (χ3n) is 2.98. The molecule has 1 atom stereocenters. The maximum Gasteiger partial charge on any atom is 0.123 e. The first-order valence-electron chi connectivity index (χ1n) is 6.19. The van der Waals surface area contributed by atoms with E-state index in [2.05, 4.69) is 25.8 Å². The lowest BCUT2D eigenvalue weighted by Gasteiger charge is -2.15. The summed E-state index contributed by atoms with van der Waals surface area (Å²) in [6, 6.07) is 4.44. The number of aryl methyl sites for hydroxylation is 1. The van der Waals surface area contributed by atoms with Crippen LogP contribution in [0.15, 0.2) is 23.6 Å². The number of rotatable bonds is 2. The van der Waals surface area contributed by atoms with E-state index in [1.165, 1.54) is 23.5 Å². The Morgan fingerprint density at radius 3 is 2.58 bits per heavy atom. The molecule has 0 amide bonds. The van der Waals surface area contributed by atoms with Crippen LogP contribution in [-0.4, -0.2) is 10.1 Å². The van der Waals surface area contributed by atoms with Gasteiger partial charge in [-0.1, -0.05) is 26.8 Å². The normalized spacial score (nSPS) is 13.6. The van der Waals surface area contributed by atoms with E-state index in [4.69, 9.17) is 0 Å². The fraction of sp³-hybridized carbons (Fsp3) is 0.400. The van der Waals surface area contributed by atoms with Gasteiger partial charge in [-0.05, 0) is 30.2 Å². The van der Waals surface area contributed by atoms with Crippen LogP contribution in [0.5, 0.6) is 0 Å². The van der Waals surface area contributed by atoms with Crippen molar-refractivity contribution in [2.75, 3.05) is 0 Å². The predicted molar refractivity (Wildman–Crippen MR) is 76.0 cm³/mol. The lowest BCUT2D eigenvalue weighted by atomic mass is 9.98. The molecule has 0 spiro atoms. The molecule has 0 aliphatic heterocycles. The van der Waals surface area contributed by atoms with Crippen LogP contribution in [0.1, 0.15) is 48.7 Å². The molecule has 1 N–H and O–H groups in total. The first kappa shape index (κ1) is 14.2. The number of nitrogens with zero attached hydrogens (tertiary/aromatic N) is 1. The van der Waals surface area contributed by atoms with Crippen molar-refractivity contribution in [3.8, 4) is 0 Å². The summed E-state index contributed by atoms with van der Waals surface area (Å²) < 4.78 is 13.3. The summed E-state index contributed by atoms with van der Waals surface area (Å²) in [5.74, 6) is -0.342. The highest BCUT2D eigenvalue weighted by atomic mass is 32.1. The molecule has 0 radical (unpaired) electrons. The van der Waals surface area contributed by atoms with Crippen molar-refractivity contribution in [2.45, 2.75) is 39.2 Å². The number of aromatic nitrogens is 1. The van der Waals surface area contributed by atoms with E-state index in [-0.39, 0.29) is 11.2 Å². The van der Waals surface area contributed by atoms with Crippen molar-refractivity contribution < 1.29 is 9.50 Å². The zero-order chi connectivity index (χ0) is 14.2. The van der Waals surface area contributed by atoms with Gasteiger partial charge in [0.2, 0.25) is 0 Å². The molecule has 1 aromatic carbocycles. The summed E-state index contributed by atoms with van der Waals surface area (Å²) in [6.07, 6.45) is -0.872. The molecule has 102 valence electrons. The lowest BCUT2D eigenvalue weighted by molar-refractivity contribution is 0.214. The van der Waals surface area contributed by atoms with Gasteiger partial charge in [0.15, 0.2) is 0 Å². The highest BCUT2D eigenvalue weighted by molar-refractivity contribution is 7.09. The van der Waals surface area contributed by atoms with Crippen molar-refractivity contribution >= 4 is 11.3 Å². The highest BCUT2D eigenvalue weighted by Gasteiger charge is 2.22. The van der Waals surface area contributed by atoms with Gasteiger partial charge in [-0.15, -0.1) is 11.3 Å². The zero-order valence-electron chi connectivity index (χ0n) is 11.6. The van der Waals surface area contributed by atoms with Crippen molar-refractivity contribution in [3.05, 3.63) is 51.2 Å². The molecule has 2 aromatic rings. The molecule has 0 saturated heterocycles. The van der Waals surface area contributed by atoms with Crippen molar-refractivity contribution in [3.63, 3.8) is 0 Å². The van der Waals surface area contributed by atoms with Crippen LogP contribution in [0.2, 0.25) is 0 Å². The molecule has 2 nitrogen and oxygen atoms in total. The van der Waals surface area contributed by atoms with E-state index in [9.17, 15) is 9.50 Å². The third kappa shape index (κ3) is 3.01. The molecular weight excluding hydrogens is 261 g/mol. The maximum absolute atomic E-state index is 13.3. The van der Waals surface area contributed by atoms with E-state index in [1.54, 1.807) is 6.07 Å². The Balaban J connectivity index is 2.36. The summed E-state index contributed by atoms with van der Waals surface area (Å²) in [4.78, 5) is 4.47. The Kier molecular flexibility index (Phi) is 3.74. The largest absolute Gasteiger partial charge is 0.382 e. The first-order valence-corrected chi connectivity index (χ1v) is 7.07. The van der Waals surface area contributed by atoms with E-state index < -0.39 is 6.10 Å². The average Bonchev–Trinajstić information content (AvgIpc) is 2.80. The molecule has 1 aromatic heterocycles. The number of hydrogen-bond donors (Lipinski definition) is 1. The second-order valence-electron chi connectivity index (χ2n) is 5.73. The Morgan fingerprint density at radius 2 is 2.00 bits per heavy atom. The summed E-state index contributed by atoms with van der Waals surface area (Å²) in [6.45, 7) is 8.09. The van der Waals surface area contributed by atoms with Crippen molar-refractivity contribution in [1.82, 2.24) is 4.98 Å². The van der Waals surface area contributed by atoms with Crippen molar-refractivity contribution in [2.24, 2.45) is 0 Å². The van der Waals surface area contributed by atoms with Crippen LogP contribution < -0.4 is 0 Å². The fourth-order valence-corrected chi connectivity index (χ4v) is 2.75. The number of hydrogen-bond acceptors (Lipinski definition) is 3. The van der Waals surface area contributed by atoms with Crippen LogP contribution in [0.3, 0.4) is 0 Å². The highest BCUT2D eigenvalue weighted by Crippen LogP contribution is 2.31. The predicted octanol–water partition coefficient (Wildman–Crippen LogP) is 3.97. The minimum atomic E-state index is -0.872. The second kappa shape index (κ2) is 5.02. The third-order valence-corrected chi connectivity index (χ3v) is 4.27. The van der Waals surface area contributed by atoms with Crippen molar-refractivity contribution in [1.29, 1.82) is 0 Å². The maximum atomic E-state index is 13.3. The monoisotopic (exact) mass is 279 g/mol. The SMILES string of the molecule is Cc1ccc(F)cc1C(O)c1csc(C(C)(C)C)n1. The molecule has 19 heavy (non-hydrogen) atoms. The molecule has 0 fully saturated rings. The van der Waals surface area contributed by atoms with Gasteiger partial charge in [-0.25, -0.2) is 9.37 Å². The topological polar surface area (TPSA) is 33.1 Å². The number of thiazole rings is 1. The van der Waals surface area contributed by atoms with Gasteiger partial charge >= 0.3 is 0 Å². The van der Waals surface area contributed by atoms with E-state index in [0.717, 1.165) is 10.6 Å². The van der Waals surface area contributed by atoms with E-state index in [1.807, 2.05) is 12.3 Å². The Morgan fingerprint density at radius 1 is 1.32 bits per heavy atom. The summed E-state index contributed by atoms with van der Waals surface area (Å²) in [7, 11) is 0. The first-order chi connectivity index (χ1) is 8.79. The van der Waals surface area contributed by atoms with E-state index >= 15 is 0 Å². The quantitative estimate of drug-likeness (QED) is 0.902. The van der Waals surface area contributed by atoms with Crippen LogP contribution in [0.25, 0.3) is 0 Å². The number of benzene rings is 1. The molecule has 4 heteroatoms. The standard InChI is InChI=1S/C15H18FNOS/c1-9-5-6-10(16)7-11(9)13(18)12-8-19-14(17-12)15(2,3)4/h5-8,13,18H,1-4H3. The number of aliphatic hydroxyl groups is 1. The van der Waals surface area contributed by atoms with Crippen LogP contribution in [-0.2, 0) is 5.41 Å². The molecule has 0 saturated carbocycles.